The average Bonchev–Trinajstić information content (AvgIpc) is 3.08. The lowest BCUT2D eigenvalue weighted by Crippen LogP contribution is -2.33. The van der Waals surface area contributed by atoms with E-state index < -0.39 is 9.84 Å². The first-order chi connectivity index (χ1) is 12.9. The van der Waals surface area contributed by atoms with Crippen LogP contribution in [-0.2, 0) is 9.84 Å². The minimum atomic E-state index is -3.23. The molecule has 1 aliphatic rings. The molecule has 0 bridgehead atoms. The Kier molecular flexibility index (Phi) is 4.56. The number of nitrogens with two attached hydrogens (primary N) is 1. The third kappa shape index (κ3) is 3.65. The minimum Gasteiger partial charge on any atom is -0.367 e. The molecule has 1 saturated carbocycles. The largest absolute Gasteiger partial charge is 0.367 e. The van der Waals surface area contributed by atoms with Crippen LogP contribution >= 0.6 is 0 Å². The fraction of sp³-hybridized carbons (Fsp3) is 0.389. The molecule has 0 spiro atoms. The van der Waals surface area contributed by atoms with Crippen molar-refractivity contribution in [2.24, 2.45) is 5.73 Å². The second kappa shape index (κ2) is 6.90. The molecule has 0 amide bonds. The average molecular weight is 386 g/mol. The Morgan fingerprint density at radius 2 is 1.81 bits per heavy atom. The van der Waals surface area contributed by atoms with Crippen LogP contribution in [0, 0.1) is 0 Å². The van der Waals surface area contributed by atoms with Crippen LogP contribution in [0.3, 0.4) is 0 Å². The molecule has 0 saturated heterocycles. The molecule has 3 aromatic rings. The van der Waals surface area contributed by atoms with Crippen molar-refractivity contribution in [3.63, 3.8) is 0 Å². The highest BCUT2D eigenvalue weighted by Crippen LogP contribution is 2.26. The van der Waals surface area contributed by atoms with Crippen LogP contribution in [0.15, 0.2) is 41.7 Å². The van der Waals surface area contributed by atoms with E-state index in [0.29, 0.717) is 17.7 Å². The molecule has 2 aromatic heterocycles. The van der Waals surface area contributed by atoms with Crippen LogP contribution in [0.25, 0.3) is 16.7 Å². The van der Waals surface area contributed by atoms with Gasteiger partial charge in [0.25, 0.3) is 0 Å². The number of nitrogens with one attached hydrogen (secondary N) is 1. The topological polar surface area (TPSA) is 116 Å². The van der Waals surface area contributed by atoms with Gasteiger partial charge in [-0.15, -0.1) is 0 Å². The van der Waals surface area contributed by atoms with E-state index in [9.17, 15) is 8.42 Å². The van der Waals surface area contributed by atoms with Gasteiger partial charge in [-0.2, -0.15) is 5.10 Å². The fourth-order valence-corrected chi connectivity index (χ4v) is 4.07. The molecule has 3 N–H and O–H groups in total. The number of anilines is 1. The van der Waals surface area contributed by atoms with E-state index in [1.54, 1.807) is 35.1 Å². The van der Waals surface area contributed by atoms with Gasteiger partial charge in [0.1, 0.15) is 12.1 Å². The van der Waals surface area contributed by atoms with E-state index in [2.05, 4.69) is 20.4 Å². The van der Waals surface area contributed by atoms with E-state index >= 15 is 0 Å². The molecule has 0 radical (unpaired) electrons. The van der Waals surface area contributed by atoms with Crippen molar-refractivity contribution < 1.29 is 8.42 Å². The Morgan fingerprint density at radius 3 is 2.48 bits per heavy atom. The molecule has 1 aliphatic carbocycles. The lowest BCUT2D eigenvalue weighted by Gasteiger charge is -2.27. The number of fused-ring (bicyclic) bond motifs is 1. The number of benzene rings is 1. The minimum absolute atomic E-state index is 0.273. The molecular formula is C18H22N6O2S. The fourth-order valence-electron chi connectivity index (χ4n) is 3.44. The lowest BCUT2D eigenvalue weighted by atomic mass is 9.92. The number of rotatable bonds is 4. The SMILES string of the molecule is CS(=O)(=O)c1ccc(-n2ncc3c(N[C@H]4CC[C@H](N)CC4)ncnc32)cc1. The van der Waals surface area contributed by atoms with Crippen molar-refractivity contribution in [1.29, 1.82) is 0 Å². The molecule has 8 nitrogen and oxygen atoms in total. The number of sulfone groups is 1. The third-order valence-electron chi connectivity index (χ3n) is 4.99. The Bertz CT molecular complexity index is 1050. The van der Waals surface area contributed by atoms with Crippen molar-refractivity contribution in [3.05, 3.63) is 36.8 Å². The normalized spacial score (nSPS) is 20.7. The molecule has 142 valence electrons. The molecule has 0 aliphatic heterocycles. The quantitative estimate of drug-likeness (QED) is 0.703. The summed E-state index contributed by atoms with van der Waals surface area (Å²) in [7, 11) is -3.23. The molecule has 27 heavy (non-hydrogen) atoms. The van der Waals surface area contributed by atoms with Gasteiger partial charge in [-0.3, -0.25) is 0 Å². The van der Waals surface area contributed by atoms with Crippen molar-refractivity contribution >= 4 is 26.7 Å². The van der Waals surface area contributed by atoms with E-state index in [1.807, 2.05) is 0 Å². The number of nitrogens with zero attached hydrogens (tertiary/aromatic N) is 4. The smallest absolute Gasteiger partial charge is 0.175 e. The van der Waals surface area contributed by atoms with E-state index in [4.69, 9.17) is 5.73 Å². The van der Waals surface area contributed by atoms with Gasteiger partial charge in [0.05, 0.1) is 22.2 Å². The summed E-state index contributed by atoms with van der Waals surface area (Å²) < 4.78 is 25.0. The van der Waals surface area contributed by atoms with Crippen molar-refractivity contribution in [2.45, 2.75) is 42.7 Å². The number of hydrogen-bond donors (Lipinski definition) is 2. The maximum absolute atomic E-state index is 11.6. The molecular weight excluding hydrogens is 364 g/mol. The molecule has 9 heteroatoms. The summed E-state index contributed by atoms with van der Waals surface area (Å²) in [5.74, 6) is 0.763. The summed E-state index contributed by atoms with van der Waals surface area (Å²) in [6, 6.07) is 7.24. The Morgan fingerprint density at radius 1 is 1.11 bits per heavy atom. The highest BCUT2D eigenvalue weighted by Gasteiger charge is 2.20. The van der Waals surface area contributed by atoms with Gasteiger partial charge in [0.15, 0.2) is 15.5 Å². The molecule has 2 heterocycles. The third-order valence-corrected chi connectivity index (χ3v) is 6.12. The van der Waals surface area contributed by atoms with Gasteiger partial charge >= 0.3 is 0 Å². The first kappa shape index (κ1) is 17.9. The van der Waals surface area contributed by atoms with Crippen LogP contribution in [0.5, 0.6) is 0 Å². The zero-order chi connectivity index (χ0) is 19.0. The summed E-state index contributed by atoms with van der Waals surface area (Å²) in [4.78, 5) is 9.03. The number of aromatic nitrogens is 4. The highest BCUT2D eigenvalue weighted by atomic mass is 32.2. The highest BCUT2D eigenvalue weighted by molar-refractivity contribution is 7.90. The van der Waals surface area contributed by atoms with Crippen molar-refractivity contribution in [1.82, 2.24) is 19.7 Å². The van der Waals surface area contributed by atoms with Crippen LogP contribution in [0.2, 0.25) is 0 Å². The molecule has 1 aromatic carbocycles. The predicted octanol–water partition coefficient (Wildman–Crippen LogP) is 1.90. The van der Waals surface area contributed by atoms with Crippen LogP contribution in [0.1, 0.15) is 25.7 Å². The second-order valence-corrected chi connectivity index (χ2v) is 9.05. The number of hydrogen-bond acceptors (Lipinski definition) is 7. The first-order valence-corrected chi connectivity index (χ1v) is 10.8. The maximum Gasteiger partial charge on any atom is 0.175 e. The van der Waals surface area contributed by atoms with E-state index in [0.717, 1.165) is 42.6 Å². The molecule has 0 unspecified atom stereocenters. The summed E-state index contributed by atoms with van der Waals surface area (Å²) in [5.41, 5.74) is 7.40. The summed E-state index contributed by atoms with van der Waals surface area (Å²) in [6.45, 7) is 0. The maximum atomic E-state index is 11.6. The zero-order valence-electron chi connectivity index (χ0n) is 15.0. The molecule has 1 fully saturated rings. The summed E-state index contributed by atoms with van der Waals surface area (Å²) in [5, 5.41) is 8.76. The second-order valence-electron chi connectivity index (χ2n) is 7.04. The van der Waals surface area contributed by atoms with Crippen LogP contribution in [0.4, 0.5) is 5.82 Å². The zero-order valence-corrected chi connectivity index (χ0v) is 15.9. The van der Waals surface area contributed by atoms with E-state index in [-0.39, 0.29) is 4.90 Å². The van der Waals surface area contributed by atoms with Crippen molar-refractivity contribution in [2.75, 3.05) is 11.6 Å². The van der Waals surface area contributed by atoms with Gasteiger partial charge in [-0.25, -0.2) is 23.1 Å². The lowest BCUT2D eigenvalue weighted by molar-refractivity contribution is 0.410. The molecule has 0 atom stereocenters. The van der Waals surface area contributed by atoms with Crippen molar-refractivity contribution in [3.8, 4) is 5.69 Å². The van der Waals surface area contributed by atoms with Gasteiger partial charge < -0.3 is 11.1 Å². The predicted molar refractivity (Wildman–Crippen MR) is 104 cm³/mol. The van der Waals surface area contributed by atoms with Gasteiger partial charge in [0, 0.05) is 18.3 Å². The Balaban J connectivity index is 1.64. The Hall–Kier alpha value is -2.52. The Labute approximate surface area is 157 Å². The first-order valence-electron chi connectivity index (χ1n) is 8.93. The van der Waals surface area contributed by atoms with Gasteiger partial charge in [-0.05, 0) is 49.9 Å². The van der Waals surface area contributed by atoms with Gasteiger partial charge in [0.2, 0.25) is 0 Å². The van der Waals surface area contributed by atoms with Gasteiger partial charge in [-0.1, -0.05) is 0 Å². The van der Waals surface area contributed by atoms with E-state index in [1.165, 1.54) is 12.6 Å². The molecule has 4 rings (SSSR count). The van der Waals surface area contributed by atoms with Crippen LogP contribution < -0.4 is 11.1 Å². The summed E-state index contributed by atoms with van der Waals surface area (Å²) >= 11 is 0. The monoisotopic (exact) mass is 386 g/mol. The standard InChI is InChI=1S/C18H22N6O2S/c1-27(25,26)15-8-6-14(7-9-15)24-18-16(10-22-24)17(20-11-21-18)23-13-4-2-12(19)3-5-13/h6-13H,2-5,19H2,1H3,(H,20,21,23)/t12-,13-. The van der Waals surface area contributed by atoms with Crippen LogP contribution in [-0.4, -0.2) is 46.5 Å². The summed E-state index contributed by atoms with van der Waals surface area (Å²) in [6.07, 6.45) is 8.50.